The number of hydrogen-bond acceptors (Lipinski definition) is 7. The molecule has 2 heterocycles. The number of nitrogens with one attached hydrogen (secondary N) is 1. The summed E-state index contributed by atoms with van der Waals surface area (Å²) in [6.45, 7) is 9.53. The highest BCUT2D eigenvalue weighted by Gasteiger charge is 2.39. The summed E-state index contributed by atoms with van der Waals surface area (Å²) in [4.78, 5) is 8.75. The maximum Gasteiger partial charge on any atom is 0.223 e. The molecule has 1 N–H and O–H groups in total. The van der Waals surface area contributed by atoms with Crippen LogP contribution in [-0.2, 0) is 21.2 Å². The van der Waals surface area contributed by atoms with Gasteiger partial charge in [-0.2, -0.15) is 0 Å². The Morgan fingerprint density at radius 1 is 1.25 bits per heavy atom. The van der Waals surface area contributed by atoms with Crippen molar-refractivity contribution in [3.8, 4) is 5.88 Å². The van der Waals surface area contributed by atoms with Crippen LogP contribution in [0.2, 0.25) is 5.15 Å². The van der Waals surface area contributed by atoms with Crippen molar-refractivity contribution < 1.29 is 17.7 Å². The maximum atomic E-state index is 12.8. The zero-order valence-corrected chi connectivity index (χ0v) is 21.6. The molecule has 10 heteroatoms. The van der Waals surface area contributed by atoms with Crippen LogP contribution < -0.4 is 9.46 Å². The number of ether oxygens (including phenoxy) is 1. The third-order valence-electron chi connectivity index (χ3n) is 5.73. The number of nitrogens with zero attached hydrogens (tertiary/aromatic N) is 2. The first-order valence-corrected chi connectivity index (χ1v) is 14.2. The van der Waals surface area contributed by atoms with Gasteiger partial charge in [0.25, 0.3) is 0 Å². The van der Waals surface area contributed by atoms with Gasteiger partial charge in [-0.1, -0.05) is 31.9 Å². The van der Waals surface area contributed by atoms with Crippen LogP contribution in [0.25, 0.3) is 10.8 Å². The molecule has 2 aromatic heterocycles. The van der Waals surface area contributed by atoms with Crippen molar-refractivity contribution in [2.45, 2.75) is 82.4 Å². The summed E-state index contributed by atoms with van der Waals surface area (Å²) in [7, 11) is -3.05. The van der Waals surface area contributed by atoms with Gasteiger partial charge in [-0.3, -0.25) is 0 Å². The minimum Gasteiger partial charge on any atom is -0.598 e. The molecule has 1 unspecified atom stereocenters. The normalized spacial score (nSPS) is 21.2. The minimum absolute atomic E-state index is 0.143. The summed E-state index contributed by atoms with van der Waals surface area (Å²) in [6.07, 6.45) is 5.77. The predicted octanol–water partition coefficient (Wildman–Crippen LogP) is 4.52. The second kappa shape index (κ2) is 10.0. The molecule has 0 spiro atoms. The summed E-state index contributed by atoms with van der Waals surface area (Å²) in [5.41, 5.74) is 0.885. The standard InChI is InChI=1S/C22H32ClN3O4S2/c1-6-8-19(26-31(27)22(3,4)5)17-12-25-21(18-13-24-20(23)11-16(17)18)30-14-9-15(10-14)32(28,29)7-2/h11-15,19,26H,6-10H2,1-5H3/t14-,15+,19-,31?/m0/s1. The van der Waals surface area contributed by atoms with E-state index in [1.165, 1.54) is 0 Å². The lowest BCUT2D eigenvalue weighted by atomic mass is 9.95. The number of pyridine rings is 2. The maximum absolute atomic E-state index is 12.8. The molecular formula is C22H32ClN3O4S2. The van der Waals surface area contributed by atoms with E-state index in [0.29, 0.717) is 29.3 Å². The minimum atomic E-state index is -3.05. The molecule has 2 atom stereocenters. The van der Waals surface area contributed by atoms with Gasteiger partial charge < -0.3 is 9.29 Å². The van der Waals surface area contributed by atoms with Crippen LogP contribution in [0.4, 0.5) is 0 Å². The molecule has 2 aromatic rings. The highest BCUT2D eigenvalue weighted by molar-refractivity contribution is 7.92. The number of hydrogen-bond donors (Lipinski definition) is 1. The first-order valence-electron chi connectivity index (χ1n) is 11.0. The van der Waals surface area contributed by atoms with E-state index in [1.54, 1.807) is 25.4 Å². The molecule has 0 bridgehead atoms. The molecule has 0 radical (unpaired) electrons. The van der Waals surface area contributed by atoms with Crippen LogP contribution in [0, 0.1) is 0 Å². The molecule has 1 saturated carbocycles. The Hall–Kier alpha value is -1.13. The molecule has 1 fully saturated rings. The zero-order chi connectivity index (χ0) is 23.7. The van der Waals surface area contributed by atoms with Crippen molar-refractivity contribution in [1.29, 1.82) is 0 Å². The van der Waals surface area contributed by atoms with Gasteiger partial charge in [0.05, 0.1) is 16.7 Å². The van der Waals surface area contributed by atoms with Gasteiger partial charge in [0, 0.05) is 47.9 Å². The van der Waals surface area contributed by atoms with Gasteiger partial charge in [-0.25, -0.2) is 18.4 Å². The second-order valence-electron chi connectivity index (χ2n) is 9.20. The van der Waals surface area contributed by atoms with Crippen molar-refractivity contribution in [1.82, 2.24) is 14.7 Å². The highest BCUT2D eigenvalue weighted by Crippen LogP contribution is 2.37. The molecule has 1 aliphatic carbocycles. The van der Waals surface area contributed by atoms with Crippen molar-refractivity contribution in [2.24, 2.45) is 0 Å². The van der Waals surface area contributed by atoms with Crippen LogP contribution in [0.3, 0.4) is 0 Å². The van der Waals surface area contributed by atoms with E-state index in [2.05, 4.69) is 21.6 Å². The molecule has 178 valence electrons. The highest BCUT2D eigenvalue weighted by atomic mass is 35.5. The van der Waals surface area contributed by atoms with Crippen molar-refractivity contribution in [3.05, 3.63) is 29.2 Å². The average Bonchev–Trinajstić information content (AvgIpc) is 2.68. The van der Waals surface area contributed by atoms with E-state index in [9.17, 15) is 13.0 Å². The number of halogens is 1. The van der Waals surface area contributed by atoms with E-state index < -0.39 is 25.9 Å². The molecule has 0 aromatic carbocycles. The van der Waals surface area contributed by atoms with Gasteiger partial charge in [0.1, 0.15) is 16.0 Å². The van der Waals surface area contributed by atoms with Gasteiger partial charge in [0.15, 0.2) is 9.84 Å². The lowest BCUT2D eigenvalue weighted by molar-refractivity contribution is 0.119. The van der Waals surface area contributed by atoms with Crippen molar-refractivity contribution >= 4 is 43.6 Å². The fourth-order valence-corrected chi connectivity index (χ4v) is 6.15. The number of sulfone groups is 1. The summed E-state index contributed by atoms with van der Waals surface area (Å²) in [6, 6.07) is 1.60. The smallest absolute Gasteiger partial charge is 0.223 e. The summed E-state index contributed by atoms with van der Waals surface area (Å²) >= 11 is 4.96. The molecule has 0 aliphatic heterocycles. The Bertz CT molecular complexity index is 1050. The zero-order valence-electron chi connectivity index (χ0n) is 19.2. The first-order chi connectivity index (χ1) is 15.0. The van der Waals surface area contributed by atoms with Crippen LogP contribution in [0.15, 0.2) is 18.5 Å². The molecule has 32 heavy (non-hydrogen) atoms. The fraction of sp³-hybridized carbons (Fsp3) is 0.636. The Balaban J connectivity index is 1.90. The van der Waals surface area contributed by atoms with Gasteiger partial charge in [-0.15, -0.1) is 4.72 Å². The molecule has 3 rings (SSSR count). The molecule has 1 aliphatic rings. The molecular weight excluding hydrogens is 470 g/mol. The second-order valence-corrected chi connectivity index (χ2v) is 14.2. The van der Waals surface area contributed by atoms with E-state index in [4.69, 9.17) is 16.3 Å². The number of aromatic nitrogens is 2. The van der Waals surface area contributed by atoms with E-state index in [1.807, 2.05) is 20.8 Å². The third-order valence-corrected chi connectivity index (χ3v) is 9.75. The summed E-state index contributed by atoms with van der Waals surface area (Å²) < 4.78 is 45.8. The van der Waals surface area contributed by atoms with E-state index in [-0.39, 0.29) is 23.1 Å². The Morgan fingerprint density at radius 3 is 2.53 bits per heavy atom. The van der Waals surface area contributed by atoms with Crippen molar-refractivity contribution in [3.63, 3.8) is 0 Å². The number of rotatable bonds is 9. The SMILES string of the molecule is CCC[C@H](N[S+]([O-])C(C)(C)C)c1cnc(O[C@H]2C[C@@H](S(=O)(=O)CC)C2)c2cnc(Cl)cc12. The fourth-order valence-electron chi connectivity index (χ4n) is 3.65. The van der Waals surface area contributed by atoms with Crippen LogP contribution in [-0.4, -0.2) is 44.8 Å². The Labute approximate surface area is 198 Å². The lowest BCUT2D eigenvalue weighted by Gasteiger charge is -2.34. The molecule has 7 nitrogen and oxygen atoms in total. The van der Waals surface area contributed by atoms with Crippen LogP contribution in [0.1, 0.15) is 71.9 Å². The molecule has 0 saturated heterocycles. The van der Waals surface area contributed by atoms with Gasteiger partial charge in [-0.05, 0) is 38.6 Å². The van der Waals surface area contributed by atoms with Crippen LogP contribution in [0.5, 0.6) is 5.88 Å². The number of fused-ring (bicyclic) bond motifs is 1. The summed E-state index contributed by atoms with van der Waals surface area (Å²) in [5.74, 6) is 0.558. The average molecular weight is 502 g/mol. The summed E-state index contributed by atoms with van der Waals surface area (Å²) in [5, 5.41) is 1.55. The topological polar surface area (TPSA) is 104 Å². The quantitative estimate of drug-likeness (QED) is 0.397. The third kappa shape index (κ3) is 5.67. The molecule has 0 amide bonds. The van der Waals surface area contributed by atoms with Crippen molar-refractivity contribution in [2.75, 3.05) is 5.75 Å². The first kappa shape index (κ1) is 25.5. The predicted molar refractivity (Wildman–Crippen MR) is 130 cm³/mol. The van der Waals surface area contributed by atoms with E-state index in [0.717, 1.165) is 23.8 Å². The van der Waals surface area contributed by atoms with Crippen LogP contribution >= 0.6 is 11.6 Å². The lowest BCUT2D eigenvalue weighted by Crippen LogP contribution is -2.43. The largest absolute Gasteiger partial charge is 0.598 e. The van der Waals surface area contributed by atoms with Gasteiger partial charge >= 0.3 is 0 Å². The Morgan fingerprint density at radius 2 is 1.94 bits per heavy atom. The monoisotopic (exact) mass is 501 g/mol. The Kier molecular flexibility index (Phi) is 7.97. The van der Waals surface area contributed by atoms with Gasteiger partial charge in [0.2, 0.25) is 5.88 Å². The van der Waals surface area contributed by atoms with E-state index >= 15 is 0 Å².